The van der Waals surface area contributed by atoms with Crippen LogP contribution in [-0.2, 0) is 9.59 Å². The maximum atomic E-state index is 12.1. The zero-order valence-corrected chi connectivity index (χ0v) is 12.0. The summed E-state index contributed by atoms with van der Waals surface area (Å²) in [7, 11) is 0. The highest BCUT2D eigenvalue weighted by Gasteiger charge is 2.30. The Morgan fingerprint density at radius 1 is 1.15 bits per heavy atom. The number of aromatic nitrogens is 1. The summed E-state index contributed by atoms with van der Waals surface area (Å²) in [6.07, 6.45) is 4.91. The summed E-state index contributed by atoms with van der Waals surface area (Å²) < 4.78 is 0. The summed E-state index contributed by atoms with van der Waals surface area (Å²) in [5.41, 5.74) is 1.10. The van der Waals surface area contributed by atoms with Crippen molar-refractivity contribution >= 4 is 28.3 Å². The van der Waals surface area contributed by atoms with Gasteiger partial charge in [-0.15, -0.1) is 11.3 Å². The van der Waals surface area contributed by atoms with Gasteiger partial charge in [0.25, 0.3) is 0 Å². The molecule has 0 spiro atoms. The highest BCUT2D eigenvalue weighted by Crippen LogP contribution is 2.41. The quantitative estimate of drug-likeness (QED) is 0.895. The Balaban J connectivity index is 1.52. The zero-order chi connectivity index (χ0) is 14.1. The zero-order valence-electron chi connectivity index (χ0n) is 11.2. The largest absolute Gasteiger partial charge is 0.481 e. The lowest BCUT2D eigenvalue weighted by Crippen LogP contribution is -2.29. The van der Waals surface area contributed by atoms with Crippen molar-refractivity contribution in [2.75, 3.05) is 5.32 Å². The van der Waals surface area contributed by atoms with Crippen LogP contribution in [0, 0.1) is 11.8 Å². The van der Waals surface area contributed by atoms with Gasteiger partial charge >= 0.3 is 5.97 Å². The molecule has 3 rings (SSSR count). The van der Waals surface area contributed by atoms with Gasteiger partial charge in [0.15, 0.2) is 5.13 Å². The number of carboxylic acids is 1. The molecule has 1 amide bonds. The Labute approximate surface area is 121 Å². The molecule has 2 aliphatic rings. The molecule has 0 saturated heterocycles. The monoisotopic (exact) mass is 294 g/mol. The number of hydrogen-bond acceptors (Lipinski definition) is 4. The molecule has 0 bridgehead atoms. The summed E-state index contributed by atoms with van der Waals surface area (Å²) in [4.78, 5) is 27.5. The molecule has 5 nitrogen and oxygen atoms in total. The average Bonchev–Trinajstić information content (AvgIpc) is 3.20. The number of carbonyl (C=O) groups is 2. The lowest BCUT2D eigenvalue weighted by atomic mass is 9.81. The molecular formula is C14H18N2O3S. The van der Waals surface area contributed by atoms with E-state index in [2.05, 4.69) is 10.3 Å². The van der Waals surface area contributed by atoms with E-state index in [-0.39, 0.29) is 17.7 Å². The number of amides is 1. The molecule has 2 fully saturated rings. The van der Waals surface area contributed by atoms with Crippen molar-refractivity contribution in [3.8, 4) is 0 Å². The first kappa shape index (κ1) is 13.5. The SMILES string of the molecule is O=C(O)C1CCC(C(=O)Nc2nc(C3CC3)cs2)CC1. The van der Waals surface area contributed by atoms with Crippen LogP contribution in [0.4, 0.5) is 5.13 Å². The van der Waals surface area contributed by atoms with Gasteiger partial charge in [-0.3, -0.25) is 9.59 Å². The van der Waals surface area contributed by atoms with Crippen LogP contribution in [0.2, 0.25) is 0 Å². The minimum Gasteiger partial charge on any atom is -0.481 e. The van der Waals surface area contributed by atoms with E-state index in [0.29, 0.717) is 36.7 Å². The Bertz CT molecular complexity index is 516. The van der Waals surface area contributed by atoms with Crippen molar-refractivity contribution in [2.45, 2.75) is 44.4 Å². The summed E-state index contributed by atoms with van der Waals surface area (Å²) in [5, 5.41) is 14.5. The van der Waals surface area contributed by atoms with E-state index < -0.39 is 5.97 Å². The molecule has 0 atom stereocenters. The smallest absolute Gasteiger partial charge is 0.306 e. The van der Waals surface area contributed by atoms with E-state index in [4.69, 9.17) is 5.11 Å². The number of rotatable bonds is 4. The fourth-order valence-electron chi connectivity index (χ4n) is 2.72. The molecular weight excluding hydrogens is 276 g/mol. The van der Waals surface area contributed by atoms with Crippen LogP contribution in [0.3, 0.4) is 0 Å². The normalized spacial score (nSPS) is 26.2. The van der Waals surface area contributed by atoms with Crippen LogP contribution in [0.15, 0.2) is 5.38 Å². The van der Waals surface area contributed by atoms with Crippen LogP contribution in [0.5, 0.6) is 0 Å². The second-order valence-electron chi connectivity index (χ2n) is 5.73. The van der Waals surface area contributed by atoms with Gasteiger partial charge in [0, 0.05) is 17.2 Å². The molecule has 0 radical (unpaired) electrons. The standard InChI is InChI=1S/C14H18N2O3S/c17-12(9-3-5-10(6-4-9)13(18)19)16-14-15-11(7-20-14)8-1-2-8/h7-10H,1-6H2,(H,18,19)(H,15,16,17). The van der Waals surface area contributed by atoms with E-state index in [1.807, 2.05) is 5.38 Å². The predicted molar refractivity (Wildman–Crippen MR) is 75.8 cm³/mol. The topological polar surface area (TPSA) is 79.3 Å². The molecule has 0 aliphatic heterocycles. The fraction of sp³-hybridized carbons (Fsp3) is 0.643. The summed E-state index contributed by atoms with van der Waals surface area (Å²) in [6.45, 7) is 0. The molecule has 1 heterocycles. The molecule has 2 aliphatic carbocycles. The van der Waals surface area contributed by atoms with Crippen LogP contribution >= 0.6 is 11.3 Å². The average molecular weight is 294 g/mol. The first-order chi connectivity index (χ1) is 9.63. The van der Waals surface area contributed by atoms with Crippen molar-refractivity contribution < 1.29 is 14.7 Å². The Morgan fingerprint density at radius 2 is 1.80 bits per heavy atom. The number of anilines is 1. The minimum absolute atomic E-state index is 0.00876. The van der Waals surface area contributed by atoms with Gasteiger partial charge in [0.2, 0.25) is 5.91 Å². The van der Waals surface area contributed by atoms with Gasteiger partial charge < -0.3 is 10.4 Å². The summed E-state index contributed by atoms with van der Waals surface area (Å²) in [6, 6.07) is 0. The number of nitrogens with zero attached hydrogens (tertiary/aromatic N) is 1. The van der Waals surface area contributed by atoms with Gasteiger partial charge in [-0.25, -0.2) is 4.98 Å². The summed E-state index contributed by atoms with van der Waals surface area (Å²) >= 11 is 1.48. The molecule has 2 saturated carbocycles. The lowest BCUT2D eigenvalue weighted by molar-refractivity contribution is -0.143. The van der Waals surface area contributed by atoms with Crippen molar-refractivity contribution in [1.29, 1.82) is 0 Å². The third kappa shape index (κ3) is 3.00. The third-order valence-electron chi connectivity index (χ3n) is 4.19. The number of hydrogen-bond donors (Lipinski definition) is 2. The minimum atomic E-state index is -0.738. The third-order valence-corrected chi connectivity index (χ3v) is 4.97. The van der Waals surface area contributed by atoms with Crippen molar-refractivity contribution in [3.05, 3.63) is 11.1 Å². The second-order valence-corrected chi connectivity index (χ2v) is 6.59. The van der Waals surface area contributed by atoms with Crippen LogP contribution in [-0.4, -0.2) is 22.0 Å². The number of thiazole rings is 1. The highest BCUT2D eigenvalue weighted by atomic mass is 32.1. The Hall–Kier alpha value is -1.43. The van der Waals surface area contributed by atoms with E-state index in [1.54, 1.807) is 0 Å². The molecule has 1 aromatic heterocycles. The van der Waals surface area contributed by atoms with Gasteiger partial charge in [-0.2, -0.15) is 0 Å². The molecule has 1 aromatic rings. The number of nitrogens with one attached hydrogen (secondary N) is 1. The highest BCUT2D eigenvalue weighted by molar-refractivity contribution is 7.13. The van der Waals surface area contributed by atoms with Crippen molar-refractivity contribution in [3.63, 3.8) is 0 Å². The van der Waals surface area contributed by atoms with E-state index in [1.165, 1.54) is 24.2 Å². The van der Waals surface area contributed by atoms with Gasteiger partial charge in [-0.05, 0) is 38.5 Å². The van der Waals surface area contributed by atoms with Crippen LogP contribution < -0.4 is 5.32 Å². The van der Waals surface area contributed by atoms with Crippen molar-refractivity contribution in [2.24, 2.45) is 11.8 Å². The molecule has 2 N–H and O–H groups in total. The van der Waals surface area contributed by atoms with Gasteiger partial charge in [-0.1, -0.05) is 0 Å². The molecule has 0 aromatic carbocycles. The predicted octanol–water partition coefficient (Wildman–Crippen LogP) is 2.85. The maximum Gasteiger partial charge on any atom is 0.306 e. The number of carbonyl (C=O) groups excluding carboxylic acids is 1. The van der Waals surface area contributed by atoms with E-state index >= 15 is 0 Å². The number of carboxylic acid groups (broad SMARTS) is 1. The Morgan fingerprint density at radius 3 is 2.40 bits per heavy atom. The fourth-order valence-corrected chi connectivity index (χ4v) is 3.52. The molecule has 6 heteroatoms. The van der Waals surface area contributed by atoms with Gasteiger partial charge in [0.1, 0.15) is 0 Å². The maximum absolute atomic E-state index is 12.1. The summed E-state index contributed by atoms with van der Waals surface area (Å²) in [5.74, 6) is -0.495. The Kier molecular flexibility index (Phi) is 3.74. The van der Waals surface area contributed by atoms with Crippen molar-refractivity contribution in [1.82, 2.24) is 4.98 Å². The number of aliphatic carboxylic acids is 1. The van der Waals surface area contributed by atoms with E-state index in [9.17, 15) is 9.59 Å². The second kappa shape index (κ2) is 5.52. The first-order valence-corrected chi connectivity index (χ1v) is 8.00. The van der Waals surface area contributed by atoms with E-state index in [0.717, 1.165) is 5.69 Å². The first-order valence-electron chi connectivity index (χ1n) is 7.12. The van der Waals surface area contributed by atoms with Gasteiger partial charge in [0.05, 0.1) is 11.6 Å². The van der Waals surface area contributed by atoms with Crippen LogP contribution in [0.1, 0.15) is 50.1 Å². The molecule has 0 unspecified atom stereocenters. The van der Waals surface area contributed by atoms with Crippen LogP contribution in [0.25, 0.3) is 0 Å². The lowest BCUT2D eigenvalue weighted by Gasteiger charge is -2.24. The molecule has 20 heavy (non-hydrogen) atoms. The molecule has 108 valence electrons.